The summed E-state index contributed by atoms with van der Waals surface area (Å²) in [7, 11) is -3.62. The van der Waals surface area contributed by atoms with Crippen LogP contribution in [0.1, 0.15) is 18.4 Å². The lowest BCUT2D eigenvalue weighted by Gasteiger charge is -2.16. The molecule has 1 amide bonds. The smallest absolute Gasteiger partial charge is 0.262 e. The summed E-state index contributed by atoms with van der Waals surface area (Å²) >= 11 is 0. The largest absolute Gasteiger partial charge is 0.348 e. The Balaban J connectivity index is 1.82. The van der Waals surface area contributed by atoms with Crippen LogP contribution in [0.3, 0.4) is 0 Å². The van der Waals surface area contributed by atoms with Crippen molar-refractivity contribution >= 4 is 22.0 Å². The summed E-state index contributed by atoms with van der Waals surface area (Å²) in [4.78, 5) is 12.6. The minimum absolute atomic E-state index is 0.0958. The molecule has 2 aromatic carbocycles. The van der Waals surface area contributed by atoms with E-state index in [1.54, 1.807) is 35.1 Å². The number of aromatic nitrogens is 2. The van der Waals surface area contributed by atoms with Gasteiger partial charge in [-0.3, -0.25) is 4.79 Å². The van der Waals surface area contributed by atoms with Gasteiger partial charge in [-0.15, -0.1) is 6.58 Å². The van der Waals surface area contributed by atoms with Crippen LogP contribution in [0.4, 0.5) is 0 Å². The third kappa shape index (κ3) is 5.24. The van der Waals surface area contributed by atoms with Crippen LogP contribution >= 0.6 is 0 Å². The number of nitrogens with one attached hydrogen (secondary N) is 1. The molecule has 35 heavy (non-hydrogen) atoms. The minimum Gasteiger partial charge on any atom is -0.348 e. The van der Waals surface area contributed by atoms with Crippen molar-refractivity contribution in [2.45, 2.75) is 17.7 Å². The first kappa shape index (κ1) is 24.1. The number of amides is 1. The van der Waals surface area contributed by atoms with Gasteiger partial charge >= 0.3 is 0 Å². The van der Waals surface area contributed by atoms with Gasteiger partial charge in [0.1, 0.15) is 17.3 Å². The maximum atomic E-state index is 13.1. The van der Waals surface area contributed by atoms with E-state index >= 15 is 0 Å². The number of hydrogen-bond donors (Lipinski definition) is 1. The average molecular weight is 488 g/mol. The van der Waals surface area contributed by atoms with Crippen LogP contribution in [-0.2, 0) is 14.8 Å². The lowest BCUT2D eigenvalue weighted by Crippen LogP contribution is -2.27. The standard InChI is InChI=1S/C26H25N5O3S/c1-2-13-28-26(32)21(18-27)16-22-19-31(23-10-4-3-5-11-23)29-25(22)20-9-8-12-24(17-20)35(33,34)30-14-6-7-15-30/h2-5,8-12,16-17,19H,1,6-7,13-15H2,(H,28,32)/b21-16-. The number of hydrogen-bond acceptors (Lipinski definition) is 5. The molecule has 9 heteroatoms. The highest BCUT2D eigenvalue weighted by atomic mass is 32.2. The van der Waals surface area contributed by atoms with Gasteiger partial charge < -0.3 is 5.32 Å². The van der Waals surface area contributed by atoms with E-state index in [1.165, 1.54) is 16.5 Å². The molecular weight excluding hydrogens is 462 g/mol. The molecule has 1 fully saturated rings. The summed E-state index contributed by atoms with van der Waals surface area (Å²) < 4.78 is 29.4. The fourth-order valence-electron chi connectivity index (χ4n) is 3.88. The maximum absolute atomic E-state index is 13.1. The molecule has 0 radical (unpaired) electrons. The van der Waals surface area contributed by atoms with Crippen molar-refractivity contribution < 1.29 is 13.2 Å². The van der Waals surface area contributed by atoms with Gasteiger partial charge in [0.05, 0.1) is 10.6 Å². The van der Waals surface area contributed by atoms with Crippen LogP contribution in [0.15, 0.2) is 83.9 Å². The molecule has 1 N–H and O–H groups in total. The van der Waals surface area contributed by atoms with Gasteiger partial charge in [0.2, 0.25) is 10.0 Å². The van der Waals surface area contributed by atoms with Gasteiger partial charge in [-0.05, 0) is 43.2 Å². The van der Waals surface area contributed by atoms with E-state index in [9.17, 15) is 18.5 Å². The molecule has 1 aliphatic heterocycles. The molecular formula is C26H25N5O3S. The number of benzene rings is 2. The van der Waals surface area contributed by atoms with Gasteiger partial charge in [-0.1, -0.05) is 36.4 Å². The Hall–Kier alpha value is -4.00. The minimum atomic E-state index is -3.62. The zero-order chi connectivity index (χ0) is 24.8. The van der Waals surface area contributed by atoms with Crippen molar-refractivity contribution in [1.82, 2.24) is 19.4 Å². The second-order valence-electron chi connectivity index (χ2n) is 8.02. The molecule has 8 nitrogen and oxygen atoms in total. The van der Waals surface area contributed by atoms with Crippen LogP contribution in [0.25, 0.3) is 23.0 Å². The predicted octanol–water partition coefficient (Wildman–Crippen LogP) is 3.53. The number of nitrogens with zero attached hydrogens (tertiary/aromatic N) is 4. The number of sulfonamides is 1. The van der Waals surface area contributed by atoms with Crippen LogP contribution in [0.2, 0.25) is 0 Å². The zero-order valence-electron chi connectivity index (χ0n) is 19.1. The number of para-hydroxylation sites is 1. The highest BCUT2D eigenvalue weighted by Crippen LogP contribution is 2.29. The zero-order valence-corrected chi connectivity index (χ0v) is 19.9. The number of rotatable bonds is 8. The molecule has 2 heterocycles. The van der Waals surface area contributed by atoms with E-state index in [4.69, 9.17) is 0 Å². The molecule has 0 atom stereocenters. The van der Waals surface area contributed by atoms with Crippen molar-refractivity contribution in [2.24, 2.45) is 0 Å². The molecule has 1 aliphatic rings. The van der Waals surface area contributed by atoms with E-state index in [1.807, 2.05) is 36.4 Å². The second-order valence-corrected chi connectivity index (χ2v) is 9.96. The lowest BCUT2D eigenvalue weighted by molar-refractivity contribution is -0.116. The van der Waals surface area contributed by atoms with Crippen LogP contribution in [0.5, 0.6) is 0 Å². The average Bonchev–Trinajstić information content (AvgIpc) is 3.57. The summed E-state index contributed by atoms with van der Waals surface area (Å²) in [6, 6.07) is 17.9. The Morgan fingerprint density at radius 1 is 1.14 bits per heavy atom. The van der Waals surface area contributed by atoms with Gasteiger partial charge in [0, 0.05) is 37.0 Å². The van der Waals surface area contributed by atoms with E-state index < -0.39 is 15.9 Å². The summed E-state index contributed by atoms with van der Waals surface area (Å²) in [5.41, 5.74) is 2.21. The second kappa shape index (κ2) is 10.5. The van der Waals surface area contributed by atoms with Crippen molar-refractivity contribution in [2.75, 3.05) is 19.6 Å². The van der Waals surface area contributed by atoms with Gasteiger partial charge in [-0.25, -0.2) is 13.1 Å². The molecule has 0 bridgehead atoms. The Morgan fingerprint density at radius 2 is 1.89 bits per heavy atom. The molecule has 178 valence electrons. The maximum Gasteiger partial charge on any atom is 0.262 e. The normalized spacial score (nSPS) is 14.4. The molecule has 3 aromatic rings. The first-order valence-corrected chi connectivity index (χ1v) is 12.6. The molecule has 0 unspecified atom stereocenters. The summed E-state index contributed by atoms with van der Waals surface area (Å²) in [6.45, 7) is 4.81. The number of carbonyl (C=O) groups excluding carboxylic acids is 1. The molecule has 4 rings (SSSR count). The molecule has 0 aliphatic carbocycles. The highest BCUT2D eigenvalue weighted by molar-refractivity contribution is 7.89. The van der Waals surface area contributed by atoms with Crippen LogP contribution in [-0.4, -0.2) is 48.0 Å². The Morgan fingerprint density at radius 3 is 2.57 bits per heavy atom. The fourth-order valence-corrected chi connectivity index (χ4v) is 5.44. The molecule has 0 saturated carbocycles. The first-order chi connectivity index (χ1) is 16.9. The van der Waals surface area contributed by atoms with Gasteiger partial charge in [0.25, 0.3) is 5.91 Å². The Labute approximate surface area is 204 Å². The summed E-state index contributed by atoms with van der Waals surface area (Å²) in [5.74, 6) is -0.531. The van der Waals surface area contributed by atoms with Crippen molar-refractivity contribution in [3.05, 3.63) is 84.6 Å². The first-order valence-electron chi connectivity index (χ1n) is 11.2. The monoisotopic (exact) mass is 487 g/mol. The Kier molecular flexibility index (Phi) is 7.25. The van der Waals surface area contributed by atoms with Crippen molar-refractivity contribution in [3.8, 4) is 23.0 Å². The number of carbonyl (C=O) groups is 1. The van der Waals surface area contributed by atoms with Crippen molar-refractivity contribution in [3.63, 3.8) is 0 Å². The fraction of sp³-hybridized carbons (Fsp3) is 0.192. The van der Waals surface area contributed by atoms with Crippen LogP contribution in [0, 0.1) is 11.3 Å². The Bertz CT molecular complexity index is 1410. The van der Waals surface area contributed by atoms with E-state index in [0.29, 0.717) is 29.9 Å². The molecule has 0 spiro atoms. The molecule has 1 aromatic heterocycles. The third-order valence-electron chi connectivity index (χ3n) is 5.65. The topological polar surface area (TPSA) is 108 Å². The summed E-state index contributed by atoms with van der Waals surface area (Å²) in [6.07, 6.45) is 6.39. The van der Waals surface area contributed by atoms with Crippen molar-refractivity contribution in [1.29, 1.82) is 5.26 Å². The summed E-state index contributed by atoms with van der Waals surface area (Å²) in [5, 5.41) is 16.9. The van der Waals surface area contributed by atoms with E-state index in [-0.39, 0.29) is 17.0 Å². The third-order valence-corrected chi connectivity index (χ3v) is 7.54. The van der Waals surface area contributed by atoms with Gasteiger partial charge in [-0.2, -0.15) is 14.7 Å². The van der Waals surface area contributed by atoms with E-state index in [2.05, 4.69) is 17.0 Å². The predicted molar refractivity (Wildman–Crippen MR) is 134 cm³/mol. The molecule has 1 saturated heterocycles. The van der Waals surface area contributed by atoms with E-state index in [0.717, 1.165) is 18.5 Å². The lowest BCUT2D eigenvalue weighted by atomic mass is 10.1. The SMILES string of the molecule is C=CCNC(=O)/C(C#N)=C\c1cn(-c2ccccc2)nc1-c1cccc(S(=O)(=O)N2CCCC2)c1. The highest BCUT2D eigenvalue weighted by Gasteiger charge is 2.27. The quantitative estimate of drug-likeness (QED) is 0.297. The number of nitriles is 1. The van der Waals surface area contributed by atoms with Crippen LogP contribution < -0.4 is 5.32 Å². The van der Waals surface area contributed by atoms with Gasteiger partial charge in [0.15, 0.2) is 0 Å².